The molecule has 0 aromatic heterocycles. The summed E-state index contributed by atoms with van der Waals surface area (Å²) in [4.78, 5) is 28.1. The Bertz CT molecular complexity index is 862. The van der Waals surface area contributed by atoms with Gasteiger partial charge < -0.3 is 9.80 Å². The van der Waals surface area contributed by atoms with Gasteiger partial charge in [-0.1, -0.05) is 29.8 Å². The van der Waals surface area contributed by atoms with Crippen LogP contribution in [0.4, 0.5) is 18.9 Å². The van der Waals surface area contributed by atoms with Gasteiger partial charge >= 0.3 is 6.18 Å². The molecule has 2 amide bonds. The Balaban J connectivity index is 1.85. The molecule has 27 heavy (non-hydrogen) atoms. The molecule has 0 bridgehead atoms. The van der Waals surface area contributed by atoms with E-state index in [1.54, 1.807) is 11.8 Å². The van der Waals surface area contributed by atoms with Gasteiger partial charge in [-0.2, -0.15) is 13.2 Å². The minimum Gasteiger partial charge on any atom is -0.325 e. The van der Waals surface area contributed by atoms with Crippen molar-refractivity contribution in [3.05, 3.63) is 65.2 Å². The van der Waals surface area contributed by atoms with Crippen LogP contribution < -0.4 is 4.90 Å². The molecule has 7 heteroatoms. The fourth-order valence-electron chi connectivity index (χ4n) is 3.17. The molecule has 0 radical (unpaired) electrons. The van der Waals surface area contributed by atoms with Crippen molar-refractivity contribution >= 4 is 17.5 Å². The number of rotatable bonds is 2. The molecule has 2 aromatic rings. The Morgan fingerprint density at radius 2 is 1.70 bits per heavy atom. The van der Waals surface area contributed by atoms with E-state index < -0.39 is 29.3 Å². The lowest BCUT2D eigenvalue weighted by Gasteiger charge is -2.39. The van der Waals surface area contributed by atoms with Crippen LogP contribution in [0.25, 0.3) is 0 Å². The van der Waals surface area contributed by atoms with E-state index in [-0.39, 0.29) is 19.0 Å². The number of benzene rings is 2. The van der Waals surface area contributed by atoms with Gasteiger partial charge in [0.2, 0.25) is 5.91 Å². The Morgan fingerprint density at radius 1 is 1.07 bits per heavy atom. The van der Waals surface area contributed by atoms with Gasteiger partial charge in [0.1, 0.15) is 6.54 Å². The summed E-state index contributed by atoms with van der Waals surface area (Å²) in [6.07, 6.45) is -4.64. The first-order valence-corrected chi connectivity index (χ1v) is 8.52. The zero-order valence-electron chi connectivity index (χ0n) is 15.0. The lowest BCUT2D eigenvalue weighted by molar-refractivity contribution is -0.138. The number of carbonyl (C=O) groups is 2. The highest BCUT2D eigenvalue weighted by molar-refractivity contribution is 6.02. The topological polar surface area (TPSA) is 40.6 Å². The zero-order chi connectivity index (χ0) is 19.8. The highest BCUT2D eigenvalue weighted by Gasteiger charge is 2.39. The molecule has 1 fully saturated rings. The van der Waals surface area contributed by atoms with Crippen LogP contribution in [0, 0.1) is 6.92 Å². The summed E-state index contributed by atoms with van der Waals surface area (Å²) in [5, 5.41) is 0. The van der Waals surface area contributed by atoms with Gasteiger partial charge in [-0.25, -0.2) is 0 Å². The molecule has 0 N–H and O–H groups in total. The normalized spacial score (nSPS) is 18.0. The highest BCUT2D eigenvalue weighted by Crippen LogP contribution is 2.33. The molecule has 1 saturated heterocycles. The van der Waals surface area contributed by atoms with E-state index in [9.17, 15) is 22.8 Å². The number of hydrogen-bond acceptors (Lipinski definition) is 2. The standard InChI is InChI=1S/C20H19F3N2O2/c1-13-7-9-15(10-8-13)25-11-14(2)24(12-18(25)26)19(27)16-5-3-4-6-17(16)20(21,22)23/h3-10,14H,11-12H2,1-2H3. The van der Waals surface area contributed by atoms with Crippen molar-refractivity contribution in [1.82, 2.24) is 4.90 Å². The van der Waals surface area contributed by atoms with E-state index in [0.717, 1.165) is 17.7 Å². The van der Waals surface area contributed by atoms with Crippen LogP contribution in [0.2, 0.25) is 0 Å². The van der Waals surface area contributed by atoms with Crippen LogP contribution in [0.1, 0.15) is 28.4 Å². The molecule has 4 nitrogen and oxygen atoms in total. The molecule has 1 aliphatic heterocycles. The second kappa shape index (κ2) is 7.06. The minimum atomic E-state index is -4.64. The SMILES string of the molecule is Cc1ccc(N2CC(C)N(C(=O)c3ccccc3C(F)(F)F)CC2=O)cc1. The van der Waals surface area contributed by atoms with Crippen molar-refractivity contribution in [2.24, 2.45) is 0 Å². The number of nitrogens with zero attached hydrogens (tertiary/aromatic N) is 2. The number of hydrogen-bond donors (Lipinski definition) is 0. The third-order valence-corrected chi connectivity index (χ3v) is 4.65. The Hall–Kier alpha value is -2.83. The van der Waals surface area contributed by atoms with Crippen LogP contribution in [-0.2, 0) is 11.0 Å². The number of alkyl halides is 3. The molecule has 0 aliphatic carbocycles. The molecule has 1 atom stereocenters. The average Bonchev–Trinajstić information content (AvgIpc) is 2.63. The van der Waals surface area contributed by atoms with Gasteiger partial charge in [-0.05, 0) is 38.1 Å². The molecular weight excluding hydrogens is 357 g/mol. The van der Waals surface area contributed by atoms with Crippen molar-refractivity contribution < 1.29 is 22.8 Å². The summed E-state index contributed by atoms with van der Waals surface area (Å²) in [6, 6.07) is 11.6. The predicted octanol–water partition coefficient (Wildman–Crippen LogP) is 3.89. The fourth-order valence-corrected chi connectivity index (χ4v) is 3.17. The number of halogens is 3. The van der Waals surface area contributed by atoms with Crippen LogP contribution in [0.5, 0.6) is 0 Å². The van der Waals surface area contributed by atoms with Crippen LogP contribution in [0.15, 0.2) is 48.5 Å². The molecule has 1 heterocycles. The van der Waals surface area contributed by atoms with Crippen molar-refractivity contribution in [3.8, 4) is 0 Å². The molecule has 2 aromatic carbocycles. The Morgan fingerprint density at radius 3 is 2.33 bits per heavy atom. The van der Waals surface area contributed by atoms with Gasteiger partial charge in [0.15, 0.2) is 0 Å². The van der Waals surface area contributed by atoms with E-state index in [2.05, 4.69) is 0 Å². The van der Waals surface area contributed by atoms with Crippen molar-refractivity contribution in [2.75, 3.05) is 18.0 Å². The maximum Gasteiger partial charge on any atom is 0.417 e. The summed E-state index contributed by atoms with van der Waals surface area (Å²) in [7, 11) is 0. The van der Waals surface area contributed by atoms with Crippen LogP contribution >= 0.6 is 0 Å². The number of aryl methyl sites for hydroxylation is 1. The maximum absolute atomic E-state index is 13.2. The number of carbonyl (C=O) groups excluding carboxylic acids is 2. The highest BCUT2D eigenvalue weighted by atomic mass is 19.4. The quantitative estimate of drug-likeness (QED) is 0.798. The largest absolute Gasteiger partial charge is 0.417 e. The second-order valence-corrected chi connectivity index (χ2v) is 6.67. The van der Waals surface area contributed by atoms with E-state index >= 15 is 0 Å². The van der Waals surface area contributed by atoms with E-state index in [1.165, 1.54) is 17.0 Å². The van der Waals surface area contributed by atoms with Crippen molar-refractivity contribution in [1.29, 1.82) is 0 Å². The smallest absolute Gasteiger partial charge is 0.325 e. The Labute approximate surface area is 155 Å². The summed E-state index contributed by atoms with van der Waals surface area (Å²) < 4.78 is 39.7. The predicted molar refractivity (Wildman–Crippen MR) is 95.5 cm³/mol. The molecule has 142 valence electrons. The van der Waals surface area contributed by atoms with Gasteiger partial charge in [-0.3, -0.25) is 9.59 Å². The van der Waals surface area contributed by atoms with E-state index in [1.807, 2.05) is 31.2 Å². The van der Waals surface area contributed by atoms with Gasteiger partial charge in [0.25, 0.3) is 5.91 Å². The van der Waals surface area contributed by atoms with Gasteiger partial charge in [0, 0.05) is 18.3 Å². The van der Waals surface area contributed by atoms with Gasteiger partial charge in [0.05, 0.1) is 11.1 Å². The lowest BCUT2D eigenvalue weighted by atomic mass is 10.0. The van der Waals surface area contributed by atoms with Crippen LogP contribution in [0.3, 0.4) is 0 Å². The molecule has 3 rings (SSSR count). The number of piperazine rings is 1. The second-order valence-electron chi connectivity index (χ2n) is 6.67. The first-order chi connectivity index (χ1) is 12.7. The number of anilines is 1. The molecular formula is C20H19F3N2O2. The first-order valence-electron chi connectivity index (χ1n) is 8.52. The summed E-state index contributed by atoms with van der Waals surface area (Å²) in [5.74, 6) is -1.11. The minimum absolute atomic E-state index is 0.224. The maximum atomic E-state index is 13.2. The van der Waals surface area contributed by atoms with Crippen LogP contribution in [-0.4, -0.2) is 35.8 Å². The molecule has 1 aliphatic rings. The van der Waals surface area contributed by atoms with Crippen molar-refractivity contribution in [3.63, 3.8) is 0 Å². The average molecular weight is 376 g/mol. The van der Waals surface area contributed by atoms with E-state index in [4.69, 9.17) is 0 Å². The first kappa shape index (κ1) is 18.9. The lowest BCUT2D eigenvalue weighted by Crippen LogP contribution is -2.57. The fraction of sp³-hybridized carbons (Fsp3) is 0.300. The van der Waals surface area contributed by atoms with Crippen molar-refractivity contribution in [2.45, 2.75) is 26.1 Å². The summed E-state index contributed by atoms with van der Waals surface area (Å²) in [6.45, 7) is 3.62. The van der Waals surface area contributed by atoms with Gasteiger partial charge in [-0.15, -0.1) is 0 Å². The number of amides is 2. The summed E-state index contributed by atoms with van der Waals surface area (Å²) >= 11 is 0. The van der Waals surface area contributed by atoms with E-state index in [0.29, 0.717) is 5.69 Å². The molecule has 1 unspecified atom stereocenters. The zero-order valence-corrected chi connectivity index (χ0v) is 15.0. The Kier molecular flexibility index (Phi) is 4.95. The monoisotopic (exact) mass is 376 g/mol. The third kappa shape index (κ3) is 3.82. The summed E-state index contributed by atoms with van der Waals surface area (Å²) in [5.41, 5.74) is 0.334. The molecule has 0 saturated carbocycles. The molecule has 0 spiro atoms. The third-order valence-electron chi connectivity index (χ3n) is 4.65.